The van der Waals surface area contributed by atoms with E-state index in [0.29, 0.717) is 11.4 Å². The van der Waals surface area contributed by atoms with Crippen LogP contribution in [0.1, 0.15) is 18.3 Å². The summed E-state index contributed by atoms with van der Waals surface area (Å²) in [6.07, 6.45) is 3.34. The van der Waals surface area contributed by atoms with Gasteiger partial charge in [0.2, 0.25) is 0 Å². The van der Waals surface area contributed by atoms with E-state index in [1.807, 2.05) is 54.3 Å². The number of nitrogens with one attached hydrogen (secondary N) is 1. The lowest BCUT2D eigenvalue weighted by Gasteiger charge is -2.11. The molecule has 10 heteroatoms. The van der Waals surface area contributed by atoms with Gasteiger partial charge in [-0.3, -0.25) is 4.68 Å². The molecule has 0 radical (unpaired) electrons. The fourth-order valence-electron chi connectivity index (χ4n) is 3.60. The highest BCUT2D eigenvalue weighted by atomic mass is 19.3. The third-order valence-electron chi connectivity index (χ3n) is 5.38. The van der Waals surface area contributed by atoms with E-state index in [-0.39, 0.29) is 24.4 Å². The maximum atomic E-state index is 13.1. The number of hydrogen-bond acceptors (Lipinski definition) is 5. The van der Waals surface area contributed by atoms with Crippen molar-refractivity contribution in [1.82, 2.24) is 29.5 Å². The van der Waals surface area contributed by atoms with Crippen LogP contribution in [0.4, 0.5) is 8.78 Å². The zero-order chi connectivity index (χ0) is 23.5. The molecule has 3 heterocycles. The van der Waals surface area contributed by atoms with Crippen molar-refractivity contribution in [3.05, 3.63) is 82.4 Å². The summed E-state index contributed by atoms with van der Waals surface area (Å²) < 4.78 is 29.2. The van der Waals surface area contributed by atoms with E-state index in [0.717, 1.165) is 28.8 Å². The fourth-order valence-corrected chi connectivity index (χ4v) is 3.60. The van der Waals surface area contributed by atoms with Gasteiger partial charge in [0.15, 0.2) is 0 Å². The van der Waals surface area contributed by atoms with Crippen molar-refractivity contribution in [1.29, 1.82) is 0 Å². The first kappa shape index (κ1) is 22.3. The first-order valence-corrected chi connectivity index (χ1v) is 10.4. The van der Waals surface area contributed by atoms with E-state index >= 15 is 0 Å². The van der Waals surface area contributed by atoms with Crippen LogP contribution >= 0.6 is 0 Å². The monoisotopic (exact) mass is 451 g/mol. The van der Waals surface area contributed by atoms with Gasteiger partial charge in [0, 0.05) is 48.6 Å². The second-order valence-corrected chi connectivity index (χ2v) is 7.56. The van der Waals surface area contributed by atoms with Crippen molar-refractivity contribution in [2.75, 3.05) is 6.54 Å². The average Bonchev–Trinajstić information content (AvgIpc) is 3.44. The molecule has 8 nitrogen and oxygen atoms in total. The number of H-pyrrole nitrogens is 1. The Bertz CT molecular complexity index is 1380. The predicted molar refractivity (Wildman–Crippen MR) is 121 cm³/mol. The molecule has 0 fully saturated rings. The molecule has 0 spiro atoms. The Kier molecular flexibility index (Phi) is 6.27. The number of rotatable bonds is 7. The highest BCUT2D eigenvalue weighted by Crippen LogP contribution is 2.27. The van der Waals surface area contributed by atoms with Crippen LogP contribution in [0.2, 0.25) is 0 Å². The van der Waals surface area contributed by atoms with Crippen LogP contribution in [-0.2, 0) is 13.0 Å². The van der Waals surface area contributed by atoms with E-state index in [1.165, 1.54) is 4.57 Å². The third-order valence-corrected chi connectivity index (χ3v) is 5.38. The molecule has 0 aliphatic carbocycles. The number of aromatic nitrogens is 6. The fraction of sp³-hybridized carbons (Fsp3) is 0.217. The van der Waals surface area contributed by atoms with Gasteiger partial charge in [-0.2, -0.15) is 19.0 Å². The maximum absolute atomic E-state index is 13.1. The second kappa shape index (κ2) is 9.29. The van der Waals surface area contributed by atoms with Crippen molar-refractivity contribution in [2.24, 2.45) is 5.73 Å². The smallest absolute Gasteiger partial charge is 0.327 e. The molecule has 0 atom stereocenters. The van der Waals surface area contributed by atoms with Crippen LogP contribution in [-0.4, -0.2) is 36.1 Å². The molecule has 33 heavy (non-hydrogen) atoms. The van der Waals surface area contributed by atoms with E-state index in [2.05, 4.69) is 20.3 Å². The van der Waals surface area contributed by atoms with Gasteiger partial charge >= 0.3 is 5.69 Å². The number of pyridine rings is 1. The van der Waals surface area contributed by atoms with Gasteiger partial charge < -0.3 is 5.73 Å². The van der Waals surface area contributed by atoms with Crippen molar-refractivity contribution >= 4 is 0 Å². The van der Waals surface area contributed by atoms with Crippen LogP contribution < -0.4 is 11.4 Å². The Labute approximate surface area is 188 Å². The second-order valence-electron chi connectivity index (χ2n) is 7.56. The SMILES string of the molecule is CCn1cc(-c2cccc(-c3cnc(-n4c(CC(CN)=C(F)F)n[nH]c4=O)c(C)c3)c2)cn1. The van der Waals surface area contributed by atoms with Gasteiger partial charge in [-0.1, -0.05) is 18.2 Å². The normalized spacial score (nSPS) is 11.1. The molecule has 0 saturated heterocycles. The van der Waals surface area contributed by atoms with Crippen molar-refractivity contribution in [3.63, 3.8) is 0 Å². The Balaban J connectivity index is 1.70. The van der Waals surface area contributed by atoms with Gasteiger partial charge in [0.1, 0.15) is 11.6 Å². The van der Waals surface area contributed by atoms with Gasteiger partial charge in [-0.25, -0.2) is 19.4 Å². The minimum absolute atomic E-state index is 0.117. The van der Waals surface area contributed by atoms with Crippen LogP contribution in [0.25, 0.3) is 28.1 Å². The molecule has 170 valence electrons. The number of hydrogen-bond donors (Lipinski definition) is 2. The first-order valence-electron chi connectivity index (χ1n) is 10.4. The van der Waals surface area contributed by atoms with Gasteiger partial charge in [-0.05, 0) is 42.7 Å². The number of aromatic amines is 1. The van der Waals surface area contributed by atoms with E-state index < -0.39 is 11.8 Å². The summed E-state index contributed by atoms with van der Waals surface area (Å²) in [5, 5.41) is 10.5. The average molecular weight is 451 g/mol. The zero-order valence-electron chi connectivity index (χ0n) is 18.2. The van der Waals surface area contributed by atoms with Gasteiger partial charge in [0.05, 0.1) is 6.20 Å². The molecule has 0 amide bonds. The lowest BCUT2D eigenvalue weighted by molar-refractivity contribution is 0.407. The number of nitrogens with zero attached hydrogens (tertiary/aromatic N) is 5. The van der Waals surface area contributed by atoms with Crippen LogP contribution in [0.5, 0.6) is 0 Å². The Morgan fingerprint density at radius 3 is 2.52 bits per heavy atom. The predicted octanol–water partition coefficient (Wildman–Crippen LogP) is 3.47. The Morgan fingerprint density at radius 2 is 1.88 bits per heavy atom. The van der Waals surface area contributed by atoms with E-state index in [4.69, 9.17) is 5.73 Å². The molecule has 4 rings (SSSR count). The van der Waals surface area contributed by atoms with Crippen LogP contribution in [0, 0.1) is 6.92 Å². The number of halogens is 2. The summed E-state index contributed by atoms with van der Waals surface area (Å²) >= 11 is 0. The van der Waals surface area contributed by atoms with E-state index in [9.17, 15) is 13.6 Å². The minimum Gasteiger partial charge on any atom is -0.327 e. The summed E-state index contributed by atoms with van der Waals surface area (Å²) in [5.74, 6) is 0.440. The molecular weight excluding hydrogens is 428 g/mol. The summed E-state index contributed by atoms with van der Waals surface area (Å²) in [6, 6.07) is 9.89. The maximum Gasteiger partial charge on any atom is 0.349 e. The lowest BCUT2D eigenvalue weighted by Crippen LogP contribution is -2.20. The number of aryl methyl sites for hydroxylation is 2. The van der Waals surface area contributed by atoms with Crippen molar-refractivity contribution in [3.8, 4) is 28.1 Å². The molecule has 0 aliphatic rings. The summed E-state index contributed by atoms with van der Waals surface area (Å²) in [6.45, 7) is 4.29. The third kappa shape index (κ3) is 4.51. The topological polar surface area (TPSA) is 107 Å². The zero-order valence-corrected chi connectivity index (χ0v) is 18.2. The number of benzene rings is 1. The molecular formula is C23H23F2N7O. The molecule has 1 aromatic carbocycles. The van der Waals surface area contributed by atoms with Crippen LogP contribution in [0.3, 0.4) is 0 Å². The first-order chi connectivity index (χ1) is 15.9. The summed E-state index contributed by atoms with van der Waals surface area (Å²) in [7, 11) is 0. The highest BCUT2D eigenvalue weighted by molar-refractivity contribution is 5.72. The standard InChI is InChI=1S/C23H23F2N7O/c1-3-31-13-19(12-28-31)16-6-4-5-15(8-16)18-7-14(2)22(27-11-18)32-20(29-30-23(32)33)9-17(10-26)21(24)25/h4-8,11-13H,3,9-10,26H2,1-2H3,(H,30,33). The molecule has 3 aromatic heterocycles. The minimum atomic E-state index is -1.87. The van der Waals surface area contributed by atoms with Crippen LogP contribution in [0.15, 0.2) is 65.4 Å². The largest absolute Gasteiger partial charge is 0.349 e. The Hall–Kier alpha value is -3.92. The molecule has 0 bridgehead atoms. The summed E-state index contributed by atoms with van der Waals surface area (Å²) in [4.78, 5) is 16.8. The van der Waals surface area contributed by atoms with E-state index in [1.54, 1.807) is 13.1 Å². The lowest BCUT2D eigenvalue weighted by atomic mass is 10.0. The molecule has 4 aromatic rings. The quantitative estimate of drug-likeness (QED) is 0.447. The molecule has 0 unspecified atom stereocenters. The Morgan fingerprint density at radius 1 is 1.12 bits per heavy atom. The van der Waals surface area contributed by atoms with Gasteiger partial charge in [-0.15, -0.1) is 0 Å². The molecule has 0 aliphatic heterocycles. The van der Waals surface area contributed by atoms with Gasteiger partial charge in [0.25, 0.3) is 6.08 Å². The summed E-state index contributed by atoms with van der Waals surface area (Å²) in [5.41, 5.74) is 9.11. The van der Waals surface area contributed by atoms with Crippen molar-refractivity contribution in [2.45, 2.75) is 26.8 Å². The number of nitrogens with two attached hydrogens (primary N) is 1. The van der Waals surface area contributed by atoms with Crippen molar-refractivity contribution < 1.29 is 8.78 Å². The molecule has 0 saturated carbocycles. The molecule has 3 N–H and O–H groups in total. The highest BCUT2D eigenvalue weighted by Gasteiger charge is 2.17.